The van der Waals surface area contributed by atoms with Crippen LogP contribution in [0.4, 0.5) is 13.2 Å². The maximum atomic E-state index is 12.5. The second kappa shape index (κ2) is 8.95. The molecular formula is C16H11F3N3NaO5S. The largest absolute Gasteiger partial charge is 1.00 e. The van der Waals surface area contributed by atoms with Gasteiger partial charge in [-0.05, 0) is 12.1 Å². The molecule has 0 radical (unpaired) electrons. The molecule has 13 heteroatoms. The van der Waals surface area contributed by atoms with Gasteiger partial charge in [0, 0.05) is 5.56 Å². The van der Waals surface area contributed by atoms with Gasteiger partial charge >= 0.3 is 47.7 Å². The molecule has 0 unspecified atom stereocenters. The second-order valence-corrected chi connectivity index (χ2v) is 6.87. The number of halogens is 3. The van der Waals surface area contributed by atoms with Crippen molar-refractivity contribution in [1.82, 2.24) is 14.9 Å². The molecule has 1 heterocycles. The van der Waals surface area contributed by atoms with Gasteiger partial charge in [0.2, 0.25) is 5.82 Å². The van der Waals surface area contributed by atoms with E-state index in [1.807, 2.05) is 0 Å². The van der Waals surface area contributed by atoms with E-state index in [9.17, 15) is 26.4 Å². The number of ether oxygens (including phenoxy) is 1. The van der Waals surface area contributed by atoms with Crippen molar-refractivity contribution in [2.45, 2.75) is 11.3 Å². The second-order valence-electron chi connectivity index (χ2n) is 5.22. The number of carbonyl (C=O) groups excluding carboxylic acids is 1. The van der Waals surface area contributed by atoms with Crippen LogP contribution < -0.4 is 39.0 Å². The number of aromatic nitrogens is 2. The van der Waals surface area contributed by atoms with Crippen molar-refractivity contribution in [3.63, 3.8) is 0 Å². The van der Waals surface area contributed by atoms with E-state index in [1.165, 1.54) is 6.07 Å². The Bertz CT molecular complexity index is 1110. The number of hydrogen-bond acceptors (Lipinski definition) is 7. The molecule has 3 aromatic rings. The third-order valence-corrected chi connectivity index (χ3v) is 4.61. The summed E-state index contributed by atoms with van der Waals surface area (Å²) in [5.74, 6) is -2.96. The molecule has 2 aromatic carbocycles. The maximum Gasteiger partial charge on any atom is 1.00 e. The van der Waals surface area contributed by atoms with Crippen molar-refractivity contribution < 1.29 is 66.6 Å². The Morgan fingerprint density at radius 1 is 1.07 bits per heavy atom. The van der Waals surface area contributed by atoms with Crippen molar-refractivity contribution >= 4 is 15.9 Å². The van der Waals surface area contributed by atoms with E-state index < -0.39 is 38.8 Å². The van der Waals surface area contributed by atoms with Crippen LogP contribution in [0.2, 0.25) is 0 Å². The van der Waals surface area contributed by atoms with Crippen LogP contribution in [-0.2, 0) is 10.0 Å². The zero-order chi connectivity index (χ0) is 20.4. The summed E-state index contributed by atoms with van der Waals surface area (Å²) in [6.07, 6.45) is -5.12. The van der Waals surface area contributed by atoms with Crippen molar-refractivity contribution in [3.05, 3.63) is 60.5 Å². The number of amides is 1. The first-order valence-electron chi connectivity index (χ1n) is 7.47. The molecule has 0 fully saturated rings. The third kappa shape index (κ3) is 5.79. The van der Waals surface area contributed by atoms with E-state index in [0.717, 1.165) is 18.2 Å². The molecule has 0 atom stereocenters. The van der Waals surface area contributed by atoms with Crippen LogP contribution in [0, 0.1) is 0 Å². The summed E-state index contributed by atoms with van der Waals surface area (Å²) in [5.41, 5.74) is 0.511. The standard InChI is InChI=1S/C16H10F3N3O5S.Na.H/c17-16(18,19)26-11-8-4-5-9-12(11)28(24,25)22-14(23)15-20-13(21-27-15)10-6-2-1-3-7-10;;/h1-9H,(H,22,23);;/q;+1;-1. The minimum atomic E-state index is -5.12. The first kappa shape index (κ1) is 22.9. The fourth-order valence-electron chi connectivity index (χ4n) is 2.12. The average molecular weight is 437 g/mol. The van der Waals surface area contributed by atoms with Gasteiger partial charge in [0.15, 0.2) is 0 Å². The van der Waals surface area contributed by atoms with E-state index in [4.69, 9.17) is 4.52 Å². The Morgan fingerprint density at radius 2 is 1.69 bits per heavy atom. The molecule has 3 rings (SSSR count). The molecule has 0 spiro atoms. The van der Waals surface area contributed by atoms with Gasteiger partial charge in [-0.15, -0.1) is 13.2 Å². The van der Waals surface area contributed by atoms with Crippen molar-refractivity contribution in [2.24, 2.45) is 0 Å². The number of nitrogens with zero attached hydrogens (tertiary/aromatic N) is 2. The average Bonchev–Trinajstić information content (AvgIpc) is 3.11. The quantitative estimate of drug-likeness (QED) is 0.554. The van der Waals surface area contributed by atoms with Gasteiger partial charge in [0.05, 0.1) is 0 Å². The number of nitrogens with one attached hydrogen (secondary N) is 1. The monoisotopic (exact) mass is 437 g/mol. The molecule has 1 N–H and O–H groups in total. The minimum Gasteiger partial charge on any atom is -1.00 e. The molecule has 8 nitrogen and oxygen atoms in total. The van der Waals surface area contributed by atoms with Crippen molar-refractivity contribution in [3.8, 4) is 17.1 Å². The first-order chi connectivity index (χ1) is 13.2. The van der Waals surface area contributed by atoms with Gasteiger partial charge in [0.25, 0.3) is 10.0 Å². The van der Waals surface area contributed by atoms with Crippen molar-refractivity contribution in [2.75, 3.05) is 0 Å². The summed E-state index contributed by atoms with van der Waals surface area (Å²) in [6, 6.07) is 12.3. The number of para-hydroxylation sites is 1. The van der Waals surface area contributed by atoms with Crippen LogP contribution in [-0.4, -0.2) is 30.8 Å². The summed E-state index contributed by atoms with van der Waals surface area (Å²) < 4.78 is 72.0. The predicted octanol–water partition coefficient (Wildman–Crippen LogP) is -0.130. The zero-order valence-corrected chi connectivity index (χ0v) is 17.5. The molecular weight excluding hydrogens is 426 g/mol. The first-order valence-corrected chi connectivity index (χ1v) is 8.95. The molecule has 0 aliphatic heterocycles. The van der Waals surface area contributed by atoms with E-state index in [2.05, 4.69) is 14.9 Å². The van der Waals surface area contributed by atoms with Gasteiger partial charge < -0.3 is 10.7 Å². The summed E-state index contributed by atoms with van der Waals surface area (Å²) in [7, 11) is -4.72. The Hall–Kier alpha value is -2.41. The Kier molecular flexibility index (Phi) is 7.06. The van der Waals surface area contributed by atoms with E-state index in [0.29, 0.717) is 5.56 Å². The molecule has 1 aromatic heterocycles. The Balaban J connectivity index is 0.00000225. The smallest absolute Gasteiger partial charge is 1.00 e. The fourth-order valence-corrected chi connectivity index (χ4v) is 3.20. The topological polar surface area (TPSA) is 111 Å². The van der Waals surface area contributed by atoms with Crippen LogP contribution in [0.5, 0.6) is 5.75 Å². The van der Waals surface area contributed by atoms with Gasteiger partial charge in [0.1, 0.15) is 10.6 Å². The molecule has 0 saturated heterocycles. The number of alkyl halides is 3. The minimum absolute atomic E-state index is 0. The third-order valence-electron chi connectivity index (χ3n) is 3.24. The van der Waals surface area contributed by atoms with E-state index >= 15 is 0 Å². The number of hydrogen-bond donors (Lipinski definition) is 1. The van der Waals surface area contributed by atoms with Crippen LogP contribution in [0.1, 0.15) is 12.1 Å². The maximum absolute atomic E-state index is 12.5. The van der Waals surface area contributed by atoms with Gasteiger partial charge in [-0.2, -0.15) is 4.98 Å². The SMILES string of the molecule is O=C(NS(=O)(=O)c1ccccc1OC(F)(F)F)c1nc(-c2ccccc2)no1.[H-].[Na+]. The molecule has 148 valence electrons. The number of sulfonamides is 1. The number of rotatable bonds is 5. The van der Waals surface area contributed by atoms with Crippen LogP contribution in [0.15, 0.2) is 64.0 Å². The Labute approximate surface area is 185 Å². The Morgan fingerprint density at radius 3 is 2.34 bits per heavy atom. The fraction of sp³-hybridized carbons (Fsp3) is 0.0625. The molecule has 0 saturated carbocycles. The van der Waals surface area contributed by atoms with Crippen LogP contribution in [0.25, 0.3) is 11.4 Å². The summed E-state index contributed by atoms with van der Waals surface area (Å²) in [6.45, 7) is 0. The summed E-state index contributed by atoms with van der Waals surface area (Å²) >= 11 is 0. The summed E-state index contributed by atoms with van der Waals surface area (Å²) in [5, 5.41) is 3.56. The molecule has 0 bridgehead atoms. The zero-order valence-electron chi connectivity index (χ0n) is 15.7. The summed E-state index contributed by atoms with van der Waals surface area (Å²) in [4.78, 5) is 15.0. The number of benzene rings is 2. The predicted molar refractivity (Wildman–Crippen MR) is 88.6 cm³/mol. The van der Waals surface area contributed by atoms with Gasteiger partial charge in [-0.25, -0.2) is 13.1 Å². The molecule has 0 aliphatic rings. The van der Waals surface area contributed by atoms with Crippen LogP contribution in [0.3, 0.4) is 0 Å². The normalized spacial score (nSPS) is 11.4. The van der Waals surface area contributed by atoms with Gasteiger partial charge in [-0.3, -0.25) is 4.79 Å². The number of carbonyl (C=O) groups is 1. The van der Waals surface area contributed by atoms with Crippen LogP contribution >= 0.6 is 0 Å². The van der Waals surface area contributed by atoms with E-state index in [1.54, 1.807) is 35.1 Å². The van der Waals surface area contributed by atoms with Gasteiger partial charge in [-0.1, -0.05) is 47.6 Å². The molecule has 0 aliphatic carbocycles. The van der Waals surface area contributed by atoms with E-state index in [-0.39, 0.29) is 36.8 Å². The van der Waals surface area contributed by atoms with Crippen molar-refractivity contribution in [1.29, 1.82) is 0 Å². The molecule has 29 heavy (non-hydrogen) atoms. The molecule has 1 amide bonds.